The highest BCUT2D eigenvalue weighted by Gasteiger charge is 2.26. The molecule has 1 saturated heterocycles. The van der Waals surface area contributed by atoms with Crippen LogP contribution in [0.15, 0.2) is 41.5 Å². The van der Waals surface area contributed by atoms with Crippen LogP contribution in [0, 0.1) is 0 Å². The van der Waals surface area contributed by atoms with Gasteiger partial charge in [-0.3, -0.25) is 4.79 Å². The van der Waals surface area contributed by atoms with Gasteiger partial charge in [0, 0.05) is 18.9 Å². The molecule has 2 aromatic heterocycles. The molecule has 20 heavy (non-hydrogen) atoms. The van der Waals surface area contributed by atoms with Crippen LogP contribution in [0.3, 0.4) is 0 Å². The number of hydrogen-bond donors (Lipinski definition) is 0. The van der Waals surface area contributed by atoms with Gasteiger partial charge in [0.2, 0.25) is 0 Å². The number of piperidine rings is 1. The van der Waals surface area contributed by atoms with Gasteiger partial charge in [-0.2, -0.15) is 0 Å². The highest BCUT2D eigenvalue weighted by Crippen LogP contribution is 2.17. The van der Waals surface area contributed by atoms with E-state index in [-0.39, 0.29) is 12.0 Å². The summed E-state index contributed by atoms with van der Waals surface area (Å²) in [7, 11) is 0. The lowest BCUT2D eigenvalue weighted by Gasteiger charge is -2.32. The van der Waals surface area contributed by atoms with Crippen molar-refractivity contribution in [2.24, 2.45) is 0 Å². The summed E-state index contributed by atoms with van der Waals surface area (Å²) in [5.74, 6) is -0.0268. The molecule has 0 aromatic carbocycles. The third-order valence-electron chi connectivity index (χ3n) is 3.25. The molecule has 0 saturated carbocycles. The summed E-state index contributed by atoms with van der Waals surface area (Å²) in [6.07, 6.45) is 7.98. The molecular formula is C14H15N3O3. The standard InChI is InChI=1S/C14H15N3O3/c18-13(11-4-8-19-10-11)17-7-1-3-12(9-17)20-14-15-5-2-6-16-14/h2,4-6,8,10,12H,1,3,7,9H2. The van der Waals surface area contributed by atoms with Crippen LogP contribution in [-0.4, -0.2) is 40.0 Å². The Morgan fingerprint density at radius 3 is 3.00 bits per heavy atom. The fraction of sp³-hybridized carbons (Fsp3) is 0.357. The molecule has 104 valence electrons. The molecule has 3 rings (SSSR count). The number of rotatable bonds is 3. The Hall–Kier alpha value is -2.37. The molecule has 2 aromatic rings. The molecule has 1 aliphatic rings. The zero-order valence-electron chi connectivity index (χ0n) is 10.9. The second-order valence-corrected chi connectivity index (χ2v) is 4.68. The van der Waals surface area contributed by atoms with Gasteiger partial charge in [0.25, 0.3) is 5.91 Å². The number of amides is 1. The first-order valence-corrected chi connectivity index (χ1v) is 6.58. The molecule has 1 unspecified atom stereocenters. The normalized spacial score (nSPS) is 18.8. The first-order chi connectivity index (χ1) is 9.83. The molecule has 6 nitrogen and oxygen atoms in total. The van der Waals surface area contributed by atoms with Gasteiger partial charge in [-0.1, -0.05) is 0 Å². The minimum atomic E-state index is -0.0676. The summed E-state index contributed by atoms with van der Waals surface area (Å²) in [6.45, 7) is 1.28. The van der Waals surface area contributed by atoms with Crippen molar-refractivity contribution in [3.63, 3.8) is 0 Å². The zero-order chi connectivity index (χ0) is 13.8. The van der Waals surface area contributed by atoms with Gasteiger partial charge in [0.15, 0.2) is 0 Å². The van der Waals surface area contributed by atoms with Crippen molar-refractivity contribution in [2.45, 2.75) is 18.9 Å². The minimum Gasteiger partial charge on any atom is -0.472 e. The number of hydrogen-bond acceptors (Lipinski definition) is 5. The van der Waals surface area contributed by atoms with Crippen molar-refractivity contribution < 1.29 is 13.9 Å². The fourth-order valence-electron chi connectivity index (χ4n) is 2.28. The average Bonchev–Trinajstić information content (AvgIpc) is 3.02. The third kappa shape index (κ3) is 2.79. The van der Waals surface area contributed by atoms with Crippen molar-refractivity contribution in [3.05, 3.63) is 42.6 Å². The van der Waals surface area contributed by atoms with Crippen LogP contribution in [-0.2, 0) is 0 Å². The number of carbonyl (C=O) groups excluding carboxylic acids is 1. The smallest absolute Gasteiger partial charge is 0.316 e. The number of carbonyl (C=O) groups is 1. The molecule has 3 heterocycles. The van der Waals surface area contributed by atoms with Crippen LogP contribution in [0.25, 0.3) is 0 Å². The Balaban J connectivity index is 1.63. The van der Waals surface area contributed by atoms with Crippen LogP contribution in [0.5, 0.6) is 6.01 Å². The van der Waals surface area contributed by atoms with Crippen molar-refractivity contribution in [1.29, 1.82) is 0 Å². The molecule has 0 bridgehead atoms. The topological polar surface area (TPSA) is 68.5 Å². The molecule has 1 atom stereocenters. The summed E-state index contributed by atoms with van der Waals surface area (Å²) < 4.78 is 10.7. The van der Waals surface area contributed by atoms with Gasteiger partial charge in [0.1, 0.15) is 12.4 Å². The molecule has 0 N–H and O–H groups in total. The predicted octanol–water partition coefficient (Wildman–Crippen LogP) is 1.75. The van der Waals surface area contributed by atoms with Crippen LogP contribution in [0.1, 0.15) is 23.2 Å². The monoisotopic (exact) mass is 273 g/mol. The maximum atomic E-state index is 12.2. The summed E-state index contributed by atoms with van der Waals surface area (Å²) >= 11 is 0. The lowest BCUT2D eigenvalue weighted by Crippen LogP contribution is -2.44. The SMILES string of the molecule is O=C(c1ccoc1)N1CCCC(Oc2ncccn2)C1. The first kappa shape index (κ1) is 12.7. The van der Waals surface area contributed by atoms with Crippen molar-refractivity contribution in [1.82, 2.24) is 14.9 Å². The van der Waals surface area contributed by atoms with E-state index in [2.05, 4.69) is 9.97 Å². The van der Waals surface area contributed by atoms with Crippen LogP contribution < -0.4 is 4.74 Å². The highest BCUT2D eigenvalue weighted by molar-refractivity contribution is 5.93. The van der Waals surface area contributed by atoms with Gasteiger partial charge in [-0.25, -0.2) is 9.97 Å². The van der Waals surface area contributed by atoms with E-state index in [1.807, 2.05) is 0 Å². The number of ether oxygens (including phenoxy) is 1. The largest absolute Gasteiger partial charge is 0.472 e. The van der Waals surface area contributed by atoms with Crippen molar-refractivity contribution in [3.8, 4) is 6.01 Å². The Morgan fingerprint density at radius 1 is 1.40 bits per heavy atom. The Labute approximate surface area is 116 Å². The molecule has 1 amide bonds. The molecule has 1 fully saturated rings. The molecule has 0 spiro atoms. The summed E-state index contributed by atoms with van der Waals surface area (Å²) in [6, 6.07) is 3.77. The van der Waals surface area contributed by atoms with E-state index in [9.17, 15) is 4.79 Å². The second kappa shape index (κ2) is 5.73. The maximum Gasteiger partial charge on any atom is 0.316 e. The second-order valence-electron chi connectivity index (χ2n) is 4.68. The molecule has 0 aliphatic carbocycles. The van der Waals surface area contributed by atoms with Crippen LogP contribution >= 0.6 is 0 Å². The third-order valence-corrected chi connectivity index (χ3v) is 3.25. The lowest BCUT2D eigenvalue weighted by atomic mass is 10.1. The van der Waals surface area contributed by atoms with Gasteiger partial charge >= 0.3 is 6.01 Å². The average molecular weight is 273 g/mol. The fourth-order valence-corrected chi connectivity index (χ4v) is 2.28. The van der Waals surface area contributed by atoms with E-state index >= 15 is 0 Å². The van der Waals surface area contributed by atoms with Crippen LogP contribution in [0.2, 0.25) is 0 Å². The number of furan rings is 1. The predicted molar refractivity (Wildman–Crippen MR) is 70.3 cm³/mol. The Kier molecular flexibility index (Phi) is 3.62. The van der Waals surface area contributed by atoms with Gasteiger partial charge < -0.3 is 14.1 Å². The molecule has 0 radical (unpaired) electrons. The van der Waals surface area contributed by atoms with Crippen LogP contribution in [0.4, 0.5) is 0 Å². The number of aromatic nitrogens is 2. The maximum absolute atomic E-state index is 12.2. The Bertz CT molecular complexity index is 556. The molecule has 1 aliphatic heterocycles. The van der Waals surface area contributed by atoms with Gasteiger partial charge in [-0.05, 0) is 25.0 Å². The van der Waals surface area contributed by atoms with E-state index in [1.54, 1.807) is 29.4 Å². The highest BCUT2D eigenvalue weighted by atomic mass is 16.5. The molecule has 6 heteroatoms. The van der Waals surface area contributed by atoms with E-state index in [0.717, 1.165) is 19.4 Å². The number of nitrogens with zero attached hydrogens (tertiary/aromatic N) is 3. The zero-order valence-corrected chi connectivity index (χ0v) is 10.9. The minimum absolute atomic E-state index is 0.0268. The van der Waals surface area contributed by atoms with Crippen molar-refractivity contribution in [2.75, 3.05) is 13.1 Å². The summed E-state index contributed by atoms with van der Waals surface area (Å²) in [5.41, 5.74) is 0.571. The van der Waals surface area contributed by atoms with Gasteiger partial charge in [0.05, 0.1) is 18.4 Å². The first-order valence-electron chi connectivity index (χ1n) is 6.58. The lowest BCUT2D eigenvalue weighted by molar-refractivity contribution is 0.0515. The quantitative estimate of drug-likeness (QED) is 0.852. The number of likely N-dealkylation sites (tertiary alicyclic amines) is 1. The van der Waals surface area contributed by atoms with Gasteiger partial charge in [-0.15, -0.1) is 0 Å². The van der Waals surface area contributed by atoms with E-state index < -0.39 is 0 Å². The summed E-state index contributed by atoms with van der Waals surface area (Å²) in [4.78, 5) is 22.1. The van der Waals surface area contributed by atoms with E-state index in [4.69, 9.17) is 9.15 Å². The van der Waals surface area contributed by atoms with E-state index in [1.165, 1.54) is 12.5 Å². The summed E-state index contributed by atoms with van der Waals surface area (Å²) in [5, 5.41) is 0. The Morgan fingerprint density at radius 2 is 2.25 bits per heavy atom. The van der Waals surface area contributed by atoms with Crippen molar-refractivity contribution >= 4 is 5.91 Å². The molecular weight excluding hydrogens is 258 g/mol. The van der Waals surface area contributed by atoms with E-state index in [0.29, 0.717) is 18.1 Å².